The van der Waals surface area contributed by atoms with Gasteiger partial charge in [0.25, 0.3) is 0 Å². The molecule has 1 amide bonds. The van der Waals surface area contributed by atoms with E-state index < -0.39 is 25.4 Å². The van der Waals surface area contributed by atoms with Crippen LogP contribution in [0.25, 0.3) is 0 Å². The van der Waals surface area contributed by atoms with Gasteiger partial charge in [-0.25, -0.2) is 9.59 Å². The number of ether oxygens (including phenoxy) is 2. The molecule has 0 saturated heterocycles. The van der Waals surface area contributed by atoms with Crippen molar-refractivity contribution in [3.63, 3.8) is 0 Å². The smallest absolute Gasteiger partial charge is 0.408 e. The van der Waals surface area contributed by atoms with Crippen LogP contribution in [0.4, 0.5) is 4.79 Å². The fourth-order valence-corrected chi connectivity index (χ4v) is 3.72. The van der Waals surface area contributed by atoms with Crippen LogP contribution >= 0.6 is 7.60 Å². The number of amides is 1. The van der Waals surface area contributed by atoms with Gasteiger partial charge < -0.3 is 18.5 Å². The van der Waals surface area contributed by atoms with Crippen molar-refractivity contribution in [3.8, 4) is 0 Å². The molecule has 0 spiro atoms. The quantitative estimate of drug-likeness (QED) is 0.498. The molecule has 1 N–H and O–H groups in total. The largest absolute Gasteiger partial charge is 0.467 e. The predicted octanol–water partition coefficient (Wildman–Crippen LogP) is 2.75. The third-order valence-corrected chi connectivity index (χ3v) is 5.26. The number of nitrogens with one attached hydrogen (secondary N) is 1. The van der Waals surface area contributed by atoms with Gasteiger partial charge >= 0.3 is 19.7 Å². The van der Waals surface area contributed by atoms with Gasteiger partial charge in [-0.05, 0) is 32.3 Å². The maximum atomic E-state index is 12.7. The number of carbonyl (C=O) groups is 2. The lowest BCUT2D eigenvalue weighted by Gasteiger charge is -2.24. The highest BCUT2D eigenvalue weighted by Crippen LogP contribution is 2.52. The van der Waals surface area contributed by atoms with Gasteiger partial charge in [0.05, 0.1) is 20.3 Å². The van der Waals surface area contributed by atoms with Crippen LogP contribution in [-0.4, -0.2) is 44.8 Å². The number of esters is 1. The Morgan fingerprint density at radius 2 is 1.92 bits per heavy atom. The first-order valence-electron chi connectivity index (χ1n) is 7.72. The molecule has 0 saturated carbocycles. The highest BCUT2D eigenvalue weighted by molar-refractivity contribution is 7.55. The molecule has 24 heavy (non-hydrogen) atoms. The Hall–Kier alpha value is -1.63. The summed E-state index contributed by atoms with van der Waals surface area (Å²) in [6.07, 6.45) is 6.71. The molecule has 0 aromatic rings. The van der Waals surface area contributed by atoms with Gasteiger partial charge in [-0.2, -0.15) is 0 Å². The average molecular weight is 361 g/mol. The van der Waals surface area contributed by atoms with Gasteiger partial charge in [-0.15, -0.1) is 0 Å². The molecular weight excluding hydrogens is 337 g/mol. The predicted molar refractivity (Wildman–Crippen MR) is 87.6 cm³/mol. The number of carbonyl (C=O) groups excluding carboxylic acids is 2. The first kappa shape index (κ1) is 20.4. The number of methoxy groups -OCH3 is 1. The lowest BCUT2D eigenvalue weighted by atomic mass is 10.1. The Labute approximate surface area is 141 Å². The van der Waals surface area contributed by atoms with Crippen molar-refractivity contribution in [1.82, 2.24) is 5.32 Å². The van der Waals surface area contributed by atoms with E-state index in [2.05, 4.69) is 10.1 Å². The Morgan fingerprint density at radius 3 is 2.42 bits per heavy atom. The van der Waals surface area contributed by atoms with E-state index in [1.165, 1.54) is 0 Å². The Kier molecular flexibility index (Phi) is 8.74. The summed E-state index contributed by atoms with van der Waals surface area (Å²) in [4.78, 5) is 23.8. The van der Waals surface area contributed by atoms with Crippen LogP contribution in [0.2, 0.25) is 0 Å². The molecule has 8 nitrogen and oxygen atoms in total. The average Bonchev–Trinajstić information content (AvgIpc) is 2.58. The first-order chi connectivity index (χ1) is 11.5. The second-order valence-electron chi connectivity index (χ2n) is 4.78. The summed E-state index contributed by atoms with van der Waals surface area (Å²) in [6.45, 7) is 3.32. The van der Waals surface area contributed by atoms with E-state index in [-0.39, 0.29) is 19.8 Å². The maximum Gasteiger partial charge on any atom is 0.408 e. The van der Waals surface area contributed by atoms with Crippen molar-refractivity contribution in [2.75, 3.05) is 26.9 Å². The van der Waals surface area contributed by atoms with Gasteiger partial charge in [0.2, 0.25) is 5.78 Å². The van der Waals surface area contributed by atoms with Crippen LogP contribution in [0.1, 0.15) is 26.7 Å². The van der Waals surface area contributed by atoms with E-state index in [0.29, 0.717) is 0 Å². The minimum absolute atomic E-state index is 0.0409. The van der Waals surface area contributed by atoms with Crippen molar-refractivity contribution >= 4 is 19.7 Å². The molecule has 1 unspecified atom stereocenters. The minimum Gasteiger partial charge on any atom is -0.467 e. The molecule has 1 aliphatic rings. The topological polar surface area (TPSA) is 100 Å². The zero-order chi connectivity index (χ0) is 18.0. The normalized spacial score (nSPS) is 15.4. The summed E-state index contributed by atoms with van der Waals surface area (Å²) in [5.74, 6) is -2.53. The van der Waals surface area contributed by atoms with Crippen LogP contribution in [0.5, 0.6) is 0 Å². The summed E-state index contributed by atoms with van der Waals surface area (Å²) >= 11 is 0. The maximum absolute atomic E-state index is 12.7. The molecule has 0 aromatic heterocycles. The molecule has 1 atom stereocenters. The monoisotopic (exact) mass is 361 g/mol. The highest BCUT2D eigenvalue weighted by Gasteiger charge is 2.43. The summed E-state index contributed by atoms with van der Waals surface area (Å²) < 4.78 is 32.5. The molecule has 9 heteroatoms. The van der Waals surface area contributed by atoms with E-state index in [9.17, 15) is 14.2 Å². The van der Waals surface area contributed by atoms with Crippen molar-refractivity contribution < 1.29 is 32.7 Å². The molecule has 0 bridgehead atoms. The van der Waals surface area contributed by atoms with Crippen molar-refractivity contribution in [2.24, 2.45) is 0 Å². The molecular formula is C15H24NO7P. The molecule has 0 radical (unpaired) electrons. The zero-order valence-electron chi connectivity index (χ0n) is 14.1. The Balaban J connectivity index is 2.75. The molecule has 0 heterocycles. The van der Waals surface area contributed by atoms with Crippen LogP contribution < -0.4 is 5.32 Å². The zero-order valence-corrected chi connectivity index (χ0v) is 15.0. The minimum atomic E-state index is -3.93. The molecule has 1 rings (SSSR count). The lowest BCUT2D eigenvalue weighted by Crippen LogP contribution is -2.42. The Bertz CT molecular complexity index is 534. The van der Waals surface area contributed by atoms with Crippen molar-refractivity contribution in [2.45, 2.75) is 32.5 Å². The lowest BCUT2D eigenvalue weighted by molar-refractivity contribution is -0.141. The third kappa shape index (κ3) is 6.11. The highest BCUT2D eigenvalue weighted by atomic mass is 31.2. The van der Waals surface area contributed by atoms with Crippen LogP contribution in [0.3, 0.4) is 0 Å². The van der Waals surface area contributed by atoms with Crippen LogP contribution in [-0.2, 0) is 27.9 Å². The van der Waals surface area contributed by atoms with E-state index in [1.807, 2.05) is 18.2 Å². The molecule has 0 aliphatic heterocycles. The number of rotatable bonds is 9. The van der Waals surface area contributed by atoms with E-state index in [1.54, 1.807) is 13.8 Å². The second-order valence-corrected chi connectivity index (χ2v) is 6.89. The number of hydrogen-bond donors (Lipinski definition) is 1. The van der Waals surface area contributed by atoms with Crippen LogP contribution in [0.15, 0.2) is 23.8 Å². The molecule has 1 aliphatic carbocycles. The molecule has 136 valence electrons. The fraction of sp³-hybridized carbons (Fsp3) is 0.600. The van der Waals surface area contributed by atoms with E-state index in [4.69, 9.17) is 13.8 Å². The second kappa shape index (κ2) is 10.3. The first-order valence-corrected chi connectivity index (χ1v) is 9.33. The number of hydrogen-bond acceptors (Lipinski definition) is 7. The van der Waals surface area contributed by atoms with E-state index >= 15 is 0 Å². The van der Waals surface area contributed by atoms with E-state index in [0.717, 1.165) is 25.5 Å². The van der Waals surface area contributed by atoms with Gasteiger partial charge in [0.1, 0.15) is 6.61 Å². The van der Waals surface area contributed by atoms with Crippen molar-refractivity contribution in [1.29, 1.82) is 0 Å². The third-order valence-electron chi connectivity index (χ3n) is 3.06. The van der Waals surface area contributed by atoms with Gasteiger partial charge in [0, 0.05) is 0 Å². The summed E-state index contributed by atoms with van der Waals surface area (Å²) in [5, 5.41) is 2.22. The SMILES string of the molecule is CCOP(=O)(OCC)C(NC(=O)OCC1=CCCC=C1)C(=O)OC. The Morgan fingerprint density at radius 1 is 1.25 bits per heavy atom. The summed E-state index contributed by atoms with van der Waals surface area (Å²) in [5.41, 5.74) is 0.851. The van der Waals surface area contributed by atoms with Crippen LogP contribution in [0, 0.1) is 0 Å². The van der Waals surface area contributed by atoms with Gasteiger partial charge in [0.15, 0.2) is 0 Å². The van der Waals surface area contributed by atoms with Gasteiger partial charge in [-0.3, -0.25) is 9.88 Å². The summed E-state index contributed by atoms with van der Waals surface area (Å²) in [6, 6.07) is 0. The molecule has 0 aromatic carbocycles. The molecule has 0 fully saturated rings. The van der Waals surface area contributed by atoms with Gasteiger partial charge in [-0.1, -0.05) is 18.2 Å². The standard InChI is InChI=1S/C15H24NO7P/c1-4-22-24(19,23-5-2)13(14(17)20-3)16-15(18)21-11-12-9-7-6-8-10-12/h7,9-10,13H,4-6,8,11H2,1-3H3,(H,16,18). The number of alkyl carbamates (subject to hydrolysis) is 1. The fourth-order valence-electron chi connectivity index (χ4n) is 2.00. The number of allylic oxidation sites excluding steroid dienone is 2. The summed E-state index contributed by atoms with van der Waals surface area (Å²) in [7, 11) is -2.81. The van der Waals surface area contributed by atoms with Crippen molar-refractivity contribution in [3.05, 3.63) is 23.8 Å².